The molecule has 3 fully saturated rings. The zero-order chi connectivity index (χ0) is 27.7. The van der Waals surface area contributed by atoms with Crippen LogP contribution in [-0.2, 0) is 22.3 Å². The van der Waals surface area contributed by atoms with Gasteiger partial charge in [-0.15, -0.1) is 0 Å². The Balaban J connectivity index is 1.45. The maximum atomic E-state index is 13.9. The molecule has 1 aromatic carbocycles. The van der Waals surface area contributed by atoms with Crippen LogP contribution in [-0.4, -0.2) is 95.4 Å². The van der Waals surface area contributed by atoms with E-state index in [0.717, 1.165) is 19.4 Å². The van der Waals surface area contributed by atoms with Gasteiger partial charge in [-0.2, -0.15) is 13.2 Å². The third kappa shape index (κ3) is 6.91. The number of esters is 1. The minimum atomic E-state index is -4.46. The summed E-state index contributed by atoms with van der Waals surface area (Å²) in [5, 5.41) is 9.31. The predicted molar refractivity (Wildman–Crippen MR) is 137 cm³/mol. The molecule has 3 heterocycles. The third-order valence-electron chi connectivity index (χ3n) is 7.89. The number of ether oxygens (including phenoxy) is 1. The van der Waals surface area contributed by atoms with Crippen LogP contribution >= 0.6 is 0 Å². The molecule has 1 amide bonds. The van der Waals surface area contributed by atoms with Gasteiger partial charge in [0, 0.05) is 57.0 Å². The van der Waals surface area contributed by atoms with Gasteiger partial charge in [-0.3, -0.25) is 14.6 Å². The number of halogens is 3. The highest BCUT2D eigenvalue weighted by molar-refractivity contribution is 5.72. The fourth-order valence-corrected chi connectivity index (χ4v) is 5.97. The molecule has 0 bridgehead atoms. The molecule has 0 saturated carbocycles. The van der Waals surface area contributed by atoms with E-state index in [4.69, 9.17) is 4.74 Å². The Hall–Kier alpha value is -2.53. The summed E-state index contributed by atoms with van der Waals surface area (Å²) in [5.41, 5.74) is -0.217. The molecule has 3 saturated heterocycles. The van der Waals surface area contributed by atoms with Gasteiger partial charge >= 0.3 is 18.2 Å². The molecular formula is C27H39F3N4O4. The monoisotopic (exact) mass is 540 g/mol. The second-order valence-electron chi connectivity index (χ2n) is 11.8. The lowest BCUT2D eigenvalue weighted by molar-refractivity contribution is -0.156. The maximum absolute atomic E-state index is 13.9. The first-order chi connectivity index (χ1) is 17.7. The molecule has 0 radical (unpaired) electrons. The number of anilines is 1. The first kappa shape index (κ1) is 28.5. The van der Waals surface area contributed by atoms with Crippen molar-refractivity contribution < 1.29 is 32.6 Å². The van der Waals surface area contributed by atoms with E-state index in [0.29, 0.717) is 69.9 Å². The van der Waals surface area contributed by atoms with Gasteiger partial charge in [0.1, 0.15) is 5.60 Å². The number of rotatable bonds is 5. The van der Waals surface area contributed by atoms with Crippen molar-refractivity contribution in [2.45, 2.75) is 70.3 Å². The van der Waals surface area contributed by atoms with Gasteiger partial charge in [-0.05, 0) is 76.8 Å². The van der Waals surface area contributed by atoms with Gasteiger partial charge in [-0.25, -0.2) is 4.79 Å². The van der Waals surface area contributed by atoms with E-state index in [1.165, 1.54) is 17.0 Å². The van der Waals surface area contributed by atoms with Gasteiger partial charge in [0.2, 0.25) is 0 Å². The quantitative estimate of drug-likeness (QED) is 0.559. The van der Waals surface area contributed by atoms with E-state index in [1.54, 1.807) is 0 Å². The van der Waals surface area contributed by atoms with Crippen LogP contribution in [0.25, 0.3) is 0 Å². The minimum Gasteiger partial charge on any atom is -0.465 e. The molecule has 212 valence electrons. The van der Waals surface area contributed by atoms with Gasteiger partial charge in [0.15, 0.2) is 0 Å². The summed E-state index contributed by atoms with van der Waals surface area (Å²) >= 11 is 0. The Kier molecular flexibility index (Phi) is 8.18. The molecule has 0 aliphatic carbocycles. The number of piperazine rings is 1. The van der Waals surface area contributed by atoms with Gasteiger partial charge in [-0.1, -0.05) is 0 Å². The number of carbonyl (C=O) groups is 2. The summed E-state index contributed by atoms with van der Waals surface area (Å²) in [7, 11) is 0. The third-order valence-corrected chi connectivity index (χ3v) is 7.89. The summed E-state index contributed by atoms with van der Waals surface area (Å²) in [6.45, 7) is 9.86. The van der Waals surface area contributed by atoms with Crippen LogP contribution in [0.2, 0.25) is 0 Å². The summed E-state index contributed by atoms with van der Waals surface area (Å²) in [6.07, 6.45) is -2.09. The molecule has 1 aromatic rings. The molecule has 38 heavy (non-hydrogen) atoms. The van der Waals surface area contributed by atoms with Crippen molar-refractivity contribution in [3.05, 3.63) is 29.3 Å². The number of alkyl halides is 3. The average Bonchev–Trinajstić information content (AvgIpc) is 3.19. The topological polar surface area (TPSA) is 76.6 Å². The number of benzene rings is 1. The Morgan fingerprint density at radius 2 is 1.61 bits per heavy atom. The van der Waals surface area contributed by atoms with Crippen molar-refractivity contribution in [3.8, 4) is 0 Å². The second kappa shape index (κ2) is 10.9. The lowest BCUT2D eigenvalue weighted by Crippen LogP contribution is -2.52. The summed E-state index contributed by atoms with van der Waals surface area (Å²) in [5.74, 6) is -0.305. The average molecular weight is 541 g/mol. The number of amides is 1. The summed E-state index contributed by atoms with van der Waals surface area (Å²) in [4.78, 5) is 31.1. The standard InChI is InChI=1S/C27H39F3N4O4/c1-25(2,3)38-23(35)19-31-11-13-32(14-12-31)22-16-20(15-21(17-22)27(28,29)30)18-34-8-4-5-26(34)6-9-33(10-7-26)24(36)37/h15-17H,4-14,18-19H2,1-3H3,(H,36,37). The number of carbonyl (C=O) groups excluding carboxylic acids is 1. The highest BCUT2D eigenvalue weighted by atomic mass is 19.4. The molecule has 0 atom stereocenters. The van der Waals surface area contributed by atoms with Crippen LogP contribution < -0.4 is 4.90 Å². The fourth-order valence-electron chi connectivity index (χ4n) is 5.97. The number of carboxylic acid groups (broad SMARTS) is 1. The Morgan fingerprint density at radius 1 is 0.947 bits per heavy atom. The molecule has 4 rings (SSSR count). The molecule has 1 N–H and O–H groups in total. The highest BCUT2D eigenvalue weighted by Gasteiger charge is 2.44. The Morgan fingerprint density at radius 3 is 2.18 bits per heavy atom. The van der Waals surface area contributed by atoms with Gasteiger partial charge in [0.25, 0.3) is 0 Å². The van der Waals surface area contributed by atoms with Crippen LogP contribution in [0.15, 0.2) is 18.2 Å². The van der Waals surface area contributed by atoms with E-state index in [1.807, 2.05) is 36.6 Å². The first-order valence-electron chi connectivity index (χ1n) is 13.4. The van der Waals surface area contributed by atoms with E-state index in [2.05, 4.69) is 4.90 Å². The van der Waals surface area contributed by atoms with E-state index >= 15 is 0 Å². The number of likely N-dealkylation sites (tertiary alicyclic amines) is 2. The van der Waals surface area contributed by atoms with Crippen molar-refractivity contribution in [2.75, 3.05) is 57.3 Å². The molecule has 3 aliphatic rings. The SMILES string of the molecule is CC(C)(C)OC(=O)CN1CCN(c2cc(CN3CCCC34CCN(C(=O)O)CC4)cc(C(F)(F)F)c2)CC1. The van der Waals surface area contributed by atoms with E-state index in [-0.39, 0.29) is 18.1 Å². The maximum Gasteiger partial charge on any atom is 0.416 e. The second-order valence-corrected chi connectivity index (χ2v) is 11.8. The van der Waals surface area contributed by atoms with Crippen molar-refractivity contribution in [3.63, 3.8) is 0 Å². The Labute approximate surface area is 222 Å². The number of nitrogens with zero attached hydrogens (tertiary/aromatic N) is 4. The first-order valence-corrected chi connectivity index (χ1v) is 13.4. The smallest absolute Gasteiger partial charge is 0.416 e. The van der Waals surface area contributed by atoms with Crippen molar-refractivity contribution in [2.24, 2.45) is 0 Å². The molecule has 0 unspecified atom stereocenters. The lowest BCUT2D eigenvalue weighted by atomic mass is 9.85. The van der Waals surface area contributed by atoms with Crippen molar-refractivity contribution in [1.29, 1.82) is 0 Å². The van der Waals surface area contributed by atoms with E-state index in [9.17, 15) is 27.9 Å². The van der Waals surface area contributed by atoms with Crippen LogP contribution in [0.3, 0.4) is 0 Å². The van der Waals surface area contributed by atoms with Crippen LogP contribution in [0.5, 0.6) is 0 Å². The largest absolute Gasteiger partial charge is 0.465 e. The normalized spacial score (nSPS) is 21.2. The summed E-state index contributed by atoms with van der Waals surface area (Å²) < 4.78 is 47.0. The fraction of sp³-hybridized carbons (Fsp3) is 0.704. The molecular weight excluding hydrogens is 501 g/mol. The van der Waals surface area contributed by atoms with Crippen molar-refractivity contribution in [1.82, 2.24) is 14.7 Å². The summed E-state index contributed by atoms with van der Waals surface area (Å²) in [6, 6.07) is 4.33. The molecule has 1 spiro atoms. The number of hydrogen-bond donors (Lipinski definition) is 1. The molecule has 11 heteroatoms. The molecule has 3 aliphatic heterocycles. The number of hydrogen-bond acceptors (Lipinski definition) is 6. The van der Waals surface area contributed by atoms with Gasteiger partial charge in [0.05, 0.1) is 12.1 Å². The minimum absolute atomic E-state index is 0.159. The van der Waals surface area contributed by atoms with E-state index < -0.39 is 23.4 Å². The van der Waals surface area contributed by atoms with Crippen LogP contribution in [0, 0.1) is 0 Å². The highest BCUT2D eigenvalue weighted by Crippen LogP contribution is 2.40. The van der Waals surface area contributed by atoms with Crippen molar-refractivity contribution >= 4 is 17.7 Å². The van der Waals surface area contributed by atoms with Crippen LogP contribution in [0.1, 0.15) is 57.6 Å². The predicted octanol–water partition coefficient (Wildman–Crippen LogP) is 4.28. The van der Waals surface area contributed by atoms with Gasteiger partial charge < -0.3 is 19.6 Å². The number of piperidine rings is 1. The molecule has 8 nitrogen and oxygen atoms in total. The molecule has 0 aromatic heterocycles. The zero-order valence-corrected chi connectivity index (χ0v) is 22.5. The van der Waals surface area contributed by atoms with Crippen LogP contribution in [0.4, 0.5) is 23.7 Å². The zero-order valence-electron chi connectivity index (χ0n) is 22.5. The Bertz CT molecular complexity index is 1010. The lowest BCUT2D eigenvalue weighted by Gasteiger charge is -2.44.